The monoisotopic (exact) mass is 327 g/mol. The van der Waals surface area contributed by atoms with Crippen LogP contribution in [0, 0.1) is 0 Å². The van der Waals surface area contributed by atoms with Crippen LogP contribution in [0.3, 0.4) is 0 Å². The van der Waals surface area contributed by atoms with Crippen LogP contribution in [-0.4, -0.2) is 44.7 Å². The van der Waals surface area contributed by atoms with Gasteiger partial charge in [0, 0.05) is 32.6 Å². The van der Waals surface area contributed by atoms with Gasteiger partial charge in [-0.2, -0.15) is 0 Å². The summed E-state index contributed by atoms with van der Waals surface area (Å²) in [6, 6.07) is 8.36. The van der Waals surface area contributed by atoms with Crippen LogP contribution in [0.1, 0.15) is 30.8 Å². The van der Waals surface area contributed by atoms with Gasteiger partial charge in [0.05, 0.1) is 6.04 Å². The molecule has 0 bridgehead atoms. The molecule has 0 radical (unpaired) electrons. The van der Waals surface area contributed by atoms with Gasteiger partial charge >= 0.3 is 0 Å². The first kappa shape index (κ1) is 16.6. The third-order valence-electron chi connectivity index (χ3n) is 4.77. The second kappa shape index (κ2) is 7.57. The van der Waals surface area contributed by atoms with E-state index < -0.39 is 0 Å². The fraction of sp³-hybridized carbons (Fsp3) is 0.500. The van der Waals surface area contributed by atoms with Crippen LogP contribution in [0.5, 0.6) is 0 Å². The molecule has 1 N–H and O–H groups in total. The van der Waals surface area contributed by atoms with Gasteiger partial charge in [-0.05, 0) is 31.4 Å². The molecule has 6 heteroatoms. The Morgan fingerprint density at radius 2 is 2.12 bits per heavy atom. The Morgan fingerprint density at radius 1 is 1.33 bits per heavy atom. The number of amides is 1. The van der Waals surface area contributed by atoms with Crippen molar-refractivity contribution in [2.75, 3.05) is 13.1 Å². The minimum atomic E-state index is -0.123. The topological polar surface area (TPSA) is 63.1 Å². The molecule has 0 fully saturated rings. The number of carbonyl (C=O) groups is 1. The van der Waals surface area contributed by atoms with Crippen molar-refractivity contribution in [3.63, 3.8) is 0 Å². The minimum absolute atomic E-state index is 0.0805. The fourth-order valence-corrected chi connectivity index (χ4v) is 3.20. The summed E-state index contributed by atoms with van der Waals surface area (Å²) >= 11 is 0. The predicted octanol–water partition coefficient (Wildman–Crippen LogP) is 1.40. The van der Waals surface area contributed by atoms with Crippen LogP contribution >= 0.6 is 0 Å². The summed E-state index contributed by atoms with van der Waals surface area (Å²) in [5, 5.41) is 11.0. The van der Waals surface area contributed by atoms with Crippen molar-refractivity contribution in [3.05, 3.63) is 47.5 Å². The highest BCUT2D eigenvalue weighted by Crippen LogP contribution is 2.20. The molecule has 24 heavy (non-hydrogen) atoms. The first-order valence-corrected chi connectivity index (χ1v) is 8.64. The average Bonchev–Trinajstić information content (AvgIpc) is 3.08. The molecular weight excluding hydrogens is 302 g/mol. The van der Waals surface area contributed by atoms with Gasteiger partial charge in [-0.25, -0.2) is 0 Å². The van der Waals surface area contributed by atoms with E-state index in [2.05, 4.69) is 51.6 Å². The Morgan fingerprint density at radius 3 is 2.92 bits per heavy atom. The normalized spacial score (nSPS) is 15.8. The van der Waals surface area contributed by atoms with Crippen molar-refractivity contribution in [1.82, 2.24) is 25.0 Å². The maximum absolute atomic E-state index is 12.4. The van der Waals surface area contributed by atoms with E-state index in [-0.39, 0.29) is 11.9 Å². The minimum Gasteiger partial charge on any atom is -0.354 e. The molecule has 6 nitrogen and oxygen atoms in total. The Kier molecular flexibility index (Phi) is 5.25. The lowest BCUT2D eigenvalue weighted by Crippen LogP contribution is -2.47. The van der Waals surface area contributed by atoms with Gasteiger partial charge in [-0.15, -0.1) is 10.2 Å². The van der Waals surface area contributed by atoms with E-state index in [4.69, 9.17) is 0 Å². The van der Waals surface area contributed by atoms with Gasteiger partial charge in [0.1, 0.15) is 12.2 Å². The summed E-state index contributed by atoms with van der Waals surface area (Å²) in [5.41, 5.74) is 2.74. The zero-order valence-corrected chi connectivity index (χ0v) is 14.4. The third kappa shape index (κ3) is 3.64. The highest BCUT2D eigenvalue weighted by atomic mass is 16.2. The molecular formula is C18H25N5O. The van der Waals surface area contributed by atoms with Gasteiger partial charge in [0.25, 0.3) is 0 Å². The molecule has 1 aromatic heterocycles. The molecule has 0 saturated carbocycles. The molecule has 128 valence electrons. The van der Waals surface area contributed by atoms with E-state index in [0.29, 0.717) is 13.0 Å². The van der Waals surface area contributed by atoms with Gasteiger partial charge < -0.3 is 9.88 Å². The van der Waals surface area contributed by atoms with E-state index in [1.807, 2.05) is 11.5 Å². The van der Waals surface area contributed by atoms with Crippen molar-refractivity contribution in [1.29, 1.82) is 0 Å². The van der Waals surface area contributed by atoms with Crippen LogP contribution in [-0.2, 0) is 30.7 Å². The molecule has 1 atom stereocenters. The number of carbonyl (C=O) groups excluding carboxylic acids is 1. The molecule has 1 amide bonds. The van der Waals surface area contributed by atoms with Crippen LogP contribution < -0.4 is 5.32 Å². The largest absolute Gasteiger partial charge is 0.354 e. The number of hydrogen-bond donors (Lipinski definition) is 1. The highest BCUT2D eigenvalue weighted by Gasteiger charge is 2.24. The standard InChI is InChI=1S/C18H25N5O/c1-3-22-13-20-21-17(22)8-10-19-18(24)14(2)23-11-9-15-6-4-5-7-16(15)12-23/h4-7,13-14H,3,8-12H2,1-2H3,(H,19,24)/t14-/m0/s1. The SMILES string of the molecule is CCn1cnnc1CCNC(=O)[C@H](C)N1CCc2ccccc2C1. The summed E-state index contributed by atoms with van der Waals surface area (Å²) in [5.74, 6) is 0.995. The van der Waals surface area contributed by atoms with Crippen molar-refractivity contribution in [2.24, 2.45) is 0 Å². The van der Waals surface area contributed by atoms with Crippen molar-refractivity contribution >= 4 is 5.91 Å². The van der Waals surface area contributed by atoms with Gasteiger partial charge in [-0.3, -0.25) is 9.69 Å². The number of nitrogens with one attached hydrogen (secondary N) is 1. The van der Waals surface area contributed by atoms with Crippen LogP contribution in [0.4, 0.5) is 0 Å². The molecule has 0 spiro atoms. The van der Waals surface area contributed by atoms with E-state index in [0.717, 1.165) is 31.9 Å². The Balaban J connectivity index is 1.50. The number of aryl methyl sites for hydroxylation is 1. The quantitative estimate of drug-likeness (QED) is 0.871. The average molecular weight is 327 g/mol. The van der Waals surface area contributed by atoms with E-state index >= 15 is 0 Å². The summed E-state index contributed by atoms with van der Waals surface area (Å²) < 4.78 is 2.00. The smallest absolute Gasteiger partial charge is 0.237 e. The fourth-order valence-electron chi connectivity index (χ4n) is 3.20. The van der Waals surface area contributed by atoms with Crippen molar-refractivity contribution in [3.8, 4) is 0 Å². The van der Waals surface area contributed by atoms with Crippen molar-refractivity contribution in [2.45, 2.75) is 45.8 Å². The lowest BCUT2D eigenvalue weighted by atomic mass is 9.99. The molecule has 1 aromatic carbocycles. The summed E-state index contributed by atoms with van der Waals surface area (Å²) in [6.45, 7) is 7.25. The number of aromatic nitrogens is 3. The third-order valence-corrected chi connectivity index (χ3v) is 4.77. The molecule has 1 aliphatic heterocycles. The Bertz CT molecular complexity index is 696. The summed E-state index contributed by atoms with van der Waals surface area (Å²) in [6.07, 6.45) is 3.44. The van der Waals surface area contributed by atoms with Crippen LogP contribution in [0.2, 0.25) is 0 Å². The predicted molar refractivity (Wildman–Crippen MR) is 92.4 cm³/mol. The number of benzene rings is 1. The van der Waals surface area contributed by atoms with Gasteiger partial charge in [0.2, 0.25) is 5.91 Å². The second-order valence-corrected chi connectivity index (χ2v) is 6.24. The summed E-state index contributed by atoms with van der Waals surface area (Å²) in [7, 11) is 0. The maximum atomic E-state index is 12.4. The van der Waals surface area contributed by atoms with Gasteiger partial charge in [-0.1, -0.05) is 24.3 Å². The first-order valence-electron chi connectivity index (χ1n) is 8.64. The molecule has 2 aromatic rings. The molecule has 0 unspecified atom stereocenters. The molecule has 3 rings (SSSR count). The van der Waals surface area contributed by atoms with Gasteiger partial charge in [0.15, 0.2) is 0 Å². The highest BCUT2D eigenvalue weighted by molar-refractivity contribution is 5.81. The molecule has 0 saturated heterocycles. The lowest BCUT2D eigenvalue weighted by molar-refractivity contribution is -0.126. The van der Waals surface area contributed by atoms with Crippen molar-refractivity contribution < 1.29 is 4.79 Å². The Labute approximate surface area is 142 Å². The first-order chi connectivity index (χ1) is 11.7. The van der Waals surface area contributed by atoms with Crippen LogP contribution in [0.25, 0.3) is 0 Å². The van der Waals surface area contributed by atoms with E-state index in [1.54, 1.807) is 6.33 Å². The second-order valence-electron chi connectivity index (χ2n) is 6.24. The number of hydrogen-bond acceptors (Lipinski definition) is 4. The number of nitrogens with zero attached hydrogens (tertiary/aromatic N) is 4. The number of rotatable bonds is 6. The van der Waals surface area contributed by atoms with E-state index in [1.165, 1.54) is 11.1 Å². The summed E-state index contributed by atoms with van der Waals surface area (Å²) in [4.78, 5) is 14.7. The number of fused-ring (bicyclic) bond motifs is 1. The Hall–Kier alpha value is -2.21. The maximum Gasteiger partial charge on any atom is 0.237 e. The molecule has 1 aliphatic rings. The lowest BCUT2D eigenvalue weighted by Gasteiger charge is -2.32. The zero-order valence-electron chi connectivity index (χ0n) is 14.4. The van der Waals surface area contributed by atoms with E-state index in [9.17, 15) is 4.79 Å². The zero-order chi connectivity index (χ0) is 16.9. The molecule has 2 heterocycles. The van der Waals surface area contributed by atoms with Crippen LogP contribution in [0.15, 0.2) is 30.6 Å². The molecule has 0 aliphatic carbocycles.